The zero-order chi connectivity index (χ0) is 24.5. The van der Waals surface area contributed by atoms with Crippen molar-refractivity contribution in [3.63, 3.8) is 0 Å². The number of aliphatic hydroxyl groups is 1. The van der Waals surface area contributed by atoms with Gasteiger partial charge in [-0.15, -0.1) is 0 Å². The lowest BCUT2D eigenvalue weighted by Gasteiger charge is -2.25. The predicted octanol–water partition coefficient (Wildman–Crippen LogP) is 4.25. The van der Waals surface area contributed by atoms with Gasteiger partial charge in [0.25, 0.3) is 0 Å². The molecule has 3 aromatic rings. The zero-order valence-corrected chi connectivity index (χ0v) is 20.3. The standard InChI is InChI=1S/C26H34FN3O4/c1-19(2)33-18-22(31)16-30(14-15-32-4)17-24-25(20-8-6-5-7-9-20)28-29(3)26(24)34-23-12-10-21(27)11-13-23/h5-13,19,22,31H,14-18H2,1-4H3/t22-/m0/s1. The first-order valence-electron chi connectivity index (χ1n) is 11.4. The third-order valence-corrected chi connectivity index (χ3v) is 5.25. The highest BCUT2D eigenvalue weighted by Gasteiger charge is 2.23. The number of aliphatic hydroxyl groups excluding tert-OH is 1. The molecule has 1 aromatic heterocycles. The van der Waals surface area contributed by atoms with E-state index in [2.05, 4.69) is 4.90 Å². The molecular formula is C26H34FN3O4. The second-order valence-electron chi connectivity index (χ2n) is 8.44. The Balaban J connectivity index is 1.93. The van der Waals surface area contributed by atoms with Crippen LogP contribution in [0.4, 0.5) is 4.39 Å². The Morgan fingerprint density at radius 3 is 2.44 bits per heavy atom. The van der Waals surface area contributed by atoms with E-state index in [4.69, 9.17) is 19.3 Å². The fourth-order valence-corrected chi connectivity index (χ4v) is 3.60. The molecule has 7 nitrogen and oxygen atoms in total. The summed E-state index contributed by atoms with van der Waals surface area (Å²) < 4.78 is 32.2. The molecule has 0 saturated heterocycles. The van der Waals surface area contributed by atoms with Gasteiger partial charge >= 0.3 is 0 Å². The minimum Gasteiger partial charge on any atom is -0.439 e. The van der Waals surface area contributed by atoms with E-state index < -0.39 is 6.10 Å². The number of nitrogens with zero attached hydrogens (tertiary/aromatic N) is 3. The summed E-state index contributed by atoms with van der Waals surface area (Å²) in [4.78, 5) is 2.10. The highest BCUT2D eigenvalue weighted by atomic mass is 19.1. The van der Waals surface area contributed by atoms with E-state index in [9.17, 15) is 9.50 Å². The lowest BCUT2D eigenvalue weighted by Crippen LogP contribution is -2.37. The van der Waals surface area contributed by atoms with Crippen molar-refractivity contribution >= 4 is 0 Å². The van der Waals surface area contributed by atoms with Gasteiger partial charge in [-0.3, -0.25) is 4.90 Å². The van der Waals surface area contributed by atoms with Gasteiger partial charge in [0, 0.05) is 39.4 Å². The van der Waals surface area contributed by atoms with E-state index in [1.165, 1.54) is 12.1 Å². The molecule has 0 aliphatic heterocycles. The van der Waals surface area contributed by atoms with Gasteiger partial charge in [-0.05, 0) is 38.1 Å². The van der Waals surface area contributed by atoms with Crippen LogP contribution in [0.25, 0.3) is 11.3 Å². The number of hydrogen-bond donors (Lipinski definition) is 1. The highest BCUT2D eigenvalue weighted by Crippen LogP contribution is 2.34. The summed E-state index contributed by atoms with van der Waals surface area (Å²) in [5.74, 6) is 0.741. The topological polar surface area (TPSA) is 69.0 Å². The smallest absolute Gasteiger partial charge is 0.222 e. The van der Waals surface area contributed by atoms with Gasteiger partial charge in [-0.1, -0.05) is 30.3 Å². The molecule has 3 rings (SSSR count). The Labute approximate surface area is 200 Å². The molecule has 1 heterocycles. The summed E-state index contributed by atoms with van der Waals surface area (Å²) in [5, 5.41) is 15.3. The van der Waals surface area contributed by atoms with Crippen LogP contribution in [0, 0.1) is 5.82 Å². The van der Waals surface area contributed by atoms with Crippen LogP contribution in [-0.2, 0) is 23.1 Å². The molecule has 1 N–H and O–H groups in total. The third kappa shape index (κ3) is 7.36. The lowest BCUT2D eigenvalue weighted by molar-refractivity contribution is -0.0121. The average Bonchev–Trinajstić information content (AvgIpc) is 3.13. The summed E-state index contributed by atoms with van der Waals surface area (Å²) in [7, 11) is 3.47. The van der Waals surface area contributed by atoms with Crippen LogP contribution in [-0.4, -0.2) is 65.4 Å². The number of ether oxygens (including phenoxy) is 3. The van der Waals surface area contributed by atoms with E-state index in [0.717, 1.165) is 16.8 Å². The molecule has 34 heavy (non-hydrogen) atoms. The first-order chi connectivity index (χ1) is 16.4. The third-order valence-electron chi connectivity index (χ3n) is 5.25. The fraction of sp³-hybridized carbons (Fsp3) is 0.423. The van der Waals surface area contributed by atoms with Crippen LogP contribution in [0.3, 0.4) is 0 Å². The van der Waals surface area contributed by atoms with Gasteiger partial charge in [-0.2, -0.15) is 5.10 Å². The first kappa shape index (κ1) is 25.8. The first-order valence-corrected chi connectivity index (χ1v) is 11.4. The normalized spacial score (nSPS) is 12.5. The summed E-state index contributed by atoms with van der Waals surface area (Å²) in [5.41, 5.74) is 2.61. The van der Waals surface area contributed by atoms with Crippen molar-refractivity contribution in [1.29, 1.82) is 0 Å². The van der Waals surface area contributed by atoms with Gasteiger partial charge < -0.3 is 19.3 Å². The Morgan fingerprint density at radius 1 is 1.09 bits per heavy atom. The summed E-state index contributed by atoms with van der Waals surface area (Å²) in [6, 6.07) is 15.8. The van der Waals surface area contributed by atoms with E-state index in [0.29, 0.717) is 37.9 Å². The number of methoxy groups -OCH3 is 1. The van der Waals surface area contributed by atoms with Crippen LogP contribution in [0.5, 0.6) is 11.6 Å². The van der Waals surface area contributed by atoms with Crippen LogP contribution >= 0.6 is 0 Å². The summed E-state index contributed by atoms with van der Waals surface area (Å²) in [6.45, 7) is 6.11. The van der Waals surface area contributed by atoms with Crippen LogP contribution in [0.2, 0.25) is 0 Å². The van der Waals surface area contributed by atoms with Crippen molar-refractivity contribution in [2.45, 2.75) is 32.6 Å². The van der Waals surface area contributed by atoms with Crippen molar-refractivity contribution < 1.29 is 23.7 Å². The zero-order valence-electron chi connectivity index (χ0n) is 20.3. The number of rotatable bonds is 13. The molecule has 0 unspecified atom stereocenters. The van der Waals surface area contributed by atoms with Crippen LogP contribution < -0.4 is 4.74 Å². The lowest BCUT2D eigenvalue weighted by atomic mass is 10.1. The van der Waals surface area contributed by atoms with Crippen molar-refractivity contribution in [3.8, 4) is 22.9 Å². The van der Waals surface area contributed by atoms with Gasteiger partial charge in [0.05, 0.1) is 31.0 Å². The average molecular weight is 472 g/mol. The number of hydrogen-bond acceptors (Lipinski definition) is 6. The van der Waals surface area contributed by atoms with E-state index >= 15 is 0 Å². The van der Waals surface area contributed by atoms with Crippen molar-refractivity contribution in [1.82, 2.24) is 14.7 Å². The molecular weight excluding hydrogens is 437 g/mol. The molecule has 184 valence electrons. The summed E-state index contributed by atoms with van der Waals surface area (Å²) >= 11 is 0. The SMILES string of the molecule is COCCN(Cc1c(-c2ccccc2)nn(C)c1Oc1ccc(F)cc1)C[C@H](O)COC(C)C. The molecule has 0 amide bonds. The molecule has 0 saturated carbocycles. The molecule has 0 spiro atoms. The maximum atomic E-state index is 13.4. The molecule has 8 heteroatoms. The number of aromatic nitrogens is 2. The predicted molar refractivity (Wildman–Crippen MR) is 129 cm³/mol. The van der Waals surface area contributed by atoms with Crippen LogP contribution in [0.15, 0.2) is 54.6 Å². The van der Waals surface area contributed by atoms with E-state index in [-0.39, 0.29) is 18.5 Å². The van der Waals surface area contributed by atoms with Gasteiger partial charge in [0.15, 0.2) is 0 Å². The number of benzene rings is 2. The second-order valence-corrected chi connectivity index (χ2v) is 8.44. The molecule has 0 aliphatic carbocycles. The maximum Gasteiger partial charge on any atom is 0.222 e. The Morgan fingerprint density at radius 2 is 1.79 bits per heavy atom. The Hall–Kier alpha value is -2.78. The Bertz CT molecular complexity index is 1010. The maximum absolute atomic E-state index is 13.4. The minimum absolute atomic E-state index is 0.0424. The Kier molecular flexibility index (Phi) is 9.59. The molecule has 0 fully saturated rings. The highest BCUT2D eigenvalue weighted by molar-refractivity contribution is 5.65. The second kappa shape index (κ2) is 12.6. The van der Waals surface area contributed by atoms with Crippen molar-refractivity contribution in [3.05, 3.63) is 66.0 Å². The summed E-state index contributed by atoms with van der Waals surface area (Å²) in [6.07, 6.45) is -0.613. The number of halogens is 1. The van der Waals surface area contributed by atoms with Gasteiger partial charge in [0.1, 0.15) is 17.3 Å². The van der Waals surface area contributed by atoms with Gasteiger partial charge in [0.2, 0.25) is 5.88 Å². The molecule has 0 radical (unpaired) electrons. The minimum atomic E-state index is -0.655. The van der Waals surface area contributed by atoms with Crippen LogP contribution in [0.1, 0.15) is 19.4 Å². The molecule has 0 aliphatic rings. The van der Waals surface area contributed by atoms with Crippen molar-refractivity contribution in [2.24, 2.45) is 7.05 Å². The molecule has 2 aromatic carbocycles. The van der Waals surface area contributed by atoms with E-state index in [1.54, 1.807) is 23.9 Å². The fourth-order valence-electron chi connectivity index (χ4n) is 3.60. The monoisotopic (exact) mass is 471 g/mol. The molecule has 0 bridgehead atoms. The van der Waals surface area contributed by atoms with Crippen molar-refractivity contribution in [2.75, 3.05) is 33.4 Å². The number of aryl methyl sites for hydroxylation is 1. The largest absolute Gasteiger partial charge is 0.439 e. The molecule has 1 atom stereocenters. The quantitative estimate of drug-likeness (QED) is 0.402. The van der Waals surface area contributed by atoms with Gasteiger partial charge in [-0.25, -0.2) is 9.07 Å². The van der Waals surface area contributed by atoms with E-state index in [1.807, 2.05) is 51.2 Å².